The molecule has 0 aromatic rings. The van der Waals surface area contributed by atoms with Crippen LogP contribution in [0.15, 0.2) is 36.5 Å². The third kappa shape index (κ3) is 36.1. The number of unbranched alkanes of at least 4 members (excludes halogenated alkanes) is 33. The fraction of sp³-hybridized carbons (Fsp3) is 0.875. The van der Waals surface area contributed by atoms with Gasteiger partial charge in [-0.1, -0.05) is 230 Å². The first-order chi connectivity index (χ1) is 31.8. The molecule has 0 spiro atoms. The zero-order valence-electron chi connectivity index (χ0n) is 42.3. The van der Waals surface area contributed by atoms with Crippen LogP contribution in [0.4, 0.5) is 0 Å². The summed E-state index contributed by atoms with van der Waals surface area (Å²) >= 11 is 0. The fourth-order valence-corrected chi connectivity index (χ4v) is 8.76. The minimum atomic E-state index is -1.57. The molecule has 7 atom stereocenters. The first-order valence-electron chi connectivity index (χ1n) is 27.7. The topological polar surface area (TPSA) is 149 Å². The first kappa shape index (κ1) is 61.4. The molecule has 0 saturated carbocycles. The monoisotopic (exact) mass is 920 g/mol. The highest BCUT2D eigenvalue weighted by Crippen LogP contribution is 2.23. The van der Waals surface area contributed by atoms with E-state index in [1.54, 1.807) is 6.08 Å². The van der Waals surface area contributed by atoms with Crippen LogP contribution >= 0.6 is 0 Å². The molecule has 382 valence electrons. The summed E-state index contributed by atoms with van der Waals surface area (Å²) in [7, 11) is 0. The number of aliphatic hydroxyl groups excluding tert-OH is 5. The molecule has 0 aromatic heterocycles. The molecular weight excluding hydrogens is 815 g/mol. The summed E-state index contributed by atoms with van der Waals surface area (Å²) in [6.07, 6.45) is 52.1. The third-order valence-electron chi connectivity index (χ3n) is 13.2. The van der Waals surface area contributed by atoms with Gasteiger partial charge in [-0.25, -0.2) is 0 Å². The van der Waals surface area contributed by atoms with Crippen LogP contribution in [0.3, 0.4) is 0 Å². The van der Waals surface area contributed by atoms with E-state index in [1.165, 1.54) is 199 Å². The van der Waals surface area contributed by atoms with Crippen LogP contribution in [0.1, 0.15) is 258 Å². The van der Waals surface area contributed by atoms with Gasteiger partial charge in [-0.2, -0.15) is 0 Å². The lowest BCUT2D eigenvalue weighted by Crippen LogP contribution is -2.60. The van der Waals surface area contributed by atoms with Crippen LogP contribution in [0.25, 0.3) is 0 Å². The molecule has 65 heavy (non-hydrogen) atoms. The lowest BCUT2D eigenvalue weighted by atomic mass is 9.99. The summed E-state index contributed by atoms with van der Waals surface area (Å²) in [4.78, 5) is 13.0. The molecular formula is C56H105NO8. The van der Waals surface area contributed by atoms with Crippen molar-refractivity contribution in [3.63, 3.8) is 0 Å². The summed E-state index contributed by atoms with van der Waals surface area (Å²) < 4.78 is 11.2. The second-order valence-corrected chi connectivity index (χ2v) is 19.4. The van der Waals surface area contributed by atoms with Crippen LogP contribution in [0, 0.1) is 0 Å². The Balaban J connectivity index is 2.26. The molecule has 1 heterocycles. The van der Waals surface area contributed by atoms with Gasteiger partial charge < -0.3 is 40.3 Å². The minimum absolute atomic E-state index is 0.188. The van der Waals surface area contributed by atoms with E-state index >= 15 is 0 Å². The highest BCUT2D eigenvalue weighted by molar-refractivity contribution is 5.76. The number of ether oxygens (including phenoxy) is 2. The molecule has 1 saturated heterocycles. The van der Waals surface area contributed by atoms with E-state index in [9.17, 15) is 30.3 Å². The molecule has 0 aromatic carbocycles. The van der Waals surface area contributed by atoms with Gasteiger partial charge in [-0.05, 0) is 57.8 Å². The number of allylic oxidation sites excluding steroid dienone is 5. The molecule has 0 bridgehead atoms. The zero-order chi connectivity index (χ0) is 47.3. The van der Waals surface area contributed by atoms with E-state index in [1.807, 2.05) is 6.08 Å². The van der Waals surface area contributed by atoms with Crippen molar-refractivity contribution in [2.24, 2.45) is 0 Å². The van der Waals surface area contributed by atoms with Gasteiger partial charge in [0, 0.05) is 6.42 Å². The number of nitrogens with one attached hydrogen (secondary N) is 1. The molecule has 1 aliphatic rings. The SMILES string of the molecule is CCCCCCCCCCCCCC/C=C\CCCCCCCCCCC(=O)NC(COC1OC(CO)C(O)C(O)C1O)C(O)/C=C/CC/C=C/CCCCCCCCCCCCCC. The predicted octanol–water partition coefficient (Wildman–Crippen LogP) is 13.2. The number of hydrogen-bond donors (Lipinski definition) is 6. The standard InChI is InChI=1S/C56H105NO8/c1-3-5-7-9-11-13-15-17-19-21-23-24-25-26-27-28-30-32-34-36-38-40-42-44-46-52(60)57-49(48-64-56-55(63)54(62)53(61)51(47-58)65-56)50(59)45-43-41-39-37-35-33-31-29-22-20-18-16-14-12-10-8-6-4-2/h26-27,35,37,43,45,49-51,53-56,58-59,61-63H,3-25,28-34,36,38-42,44,46-48H2,1-2H3,(H,57,60)/b27-26-,37-35+,45-43+. The van der Waals surface area contributed by atoms with Crippen molar-refractivity contribution in [1.82, 2.24) is 5.32 Å². The van der Waals surface area contributed by atoms with E-state index in [2.05, 4.69) is 43.5 Å². The van der Waals surface area contributed by atoms with Gasteiger partial charge in [-0.15, -0.1) is 0 Å². The minimum Gasteiger partial charge on any atom is -0.394 e. The Morgan fingerprint density at radius 3 is 1.29 bits per heavy atom. The molecule has 0 aliphatic carbocycles. The maximum Gasteiger partial charge on any atom is 0.220 e. The summed E-state index contributed by atoms with van der Waals surface area (Å²) in [5.41, 5.74) is 0. The van der Waals surface area contributed by atoms with Crippen LogP contribution in [0.5, 0.6) is 0 Å². The number of carbonyl (C=O) groups is 1. The number of hydrogen-bond acceptors (Lipinski definition) is 8. The van der Waals surface area contributed by atoms with Crippen molar-refractivity contribution < 1.29 is 39.8 Å². The molecule has 0 radical (unpaired) electrons. The number of carbonyl (C=O) groups excluding carboxylic acids is 1. The second-order valence-electron chi connectivity index (χ2n) is 19.4. The Labute approximate surface area is 400 Å². The van der Waals surface area contributed by atoms with Crippen molar-refractivity contribution in [2.45, 2.75) is 301 Å². The van der Waals surface area contributed by atoms with Gasteiger partial charge >= 0.3 is 0 Å². The summed E-state index contributed by atoms with van der Waals surface area (Å²) in [5, 5.41) is 54.4. The molecule has 1 rings (SSSR count). The van der Waals surface area contributed by atoms with Gasteiger partial charge in [0.15, 0.2) is 6.29 Å². The third-order valence-corrected chi connectivity index (χ3v) is 13.2. The van der Waals surface area contributed by atoms with E-state index in [0.717, 1.165) is 38.5 Å². The smallest absolute Gasteiger partial charge is 0.220 e. The molecule has 1 fully saturated rings. The molecule has 9 heteroatoms. The molecule has 9 nitrogen and oxygen atoms in total. The maximum absolute atomic E-state index is 13.0. The van der Waals surface area contributed by atoms with Crippen LogP contribution in [-0.2, 0) is 14.3 Å². The predicted molar refractivity (Wildman–Crippen MR) is 272 cm³/mol. The van der Waals surface area contributed by atoms with Gasteiger partial charge in [0.05, 0.1) is 25.4 Å². The average molecular weight is 920 g/mol. The van der Waals surface area contributed by atoms with Gasteiger partial charge in [0.1, 0.15) is 24.4 Å². The van der Waals surface area contributed by atoms with Crippen molar-refractivity contribution in [3.05, 3.63) is 36.5 Å². The molecule has 6 N–H and O–H groups in total. The lowest BCUT2D eigenvalue weighted by molar-refractivity contribution is -0.302. The summed E-state index contributed by atoms with van der Waals surface area (Å²) in [6, 6.07) is -0.823. The summed E-state index contributed by atoms with van der Waals surface area (Å²) in [6.45, 7) is 3.78. The number of aliphatic hydroxyl groups is 5. The normalized spacial score (nSPS) is 20.1. The average Bonchev–Trinajstić information content (AvgIpc) is 3.31. The first-order valence-corrected chi connectivity index (χ1v) is 27.7. The largest absolute Gasteiger partial charge is 0.394 e. The number of rotatable bonds is 47. The fourth-order valence-electron chi connectivity index (χ4n) is 8.76. The molecule has 1 amide bonds. The second kappa shape index (κ2) is 46.2. The Kier molecular flexibility index (Phi) is 43.6. The molecule has 7 unspecified atom stereocenters. The van der Waals surface area contributed by atoms with Crippen molar-refractivity contribution in [2.75, 3.05) is 13.2 Å². The summed E-state index contributed by atoms with van der Waals surface area (Å²) in [5.74, 6) is -0.188. The van der Waals surface area contributed by atoms with Crippen LogP contribution in [0.2, 0.25) is 0 Å². The van der Waals surface area contributed by atoms with Crippen molar-refractivity contribution in [3.8, 4) is 0 Å². The highest BCUT2D eigenvalue weighted by atomic mass is 16.7. The van der Waals surface area contributed by atoms with E-state index in [-0.39, 0.29) is 12.5 Å². The Morgan fingerprint density at radius 1 is 0.508 bits per heavy atom. The Hall–Kier alpha value is -1.59. The Morgan fingerprint density at radius 2 is 0.877 bits per heavy atom. The van der Waals surface area contributed by atoms with E-state index in [0.29, 0.717) is 6.42 Å². The molecule has 1 aliphatic heterocycles. The van der Waals surface area contributed by atoms with E-state index in [4.69, 9.17) is 9.47 Å². The maximum atomic E-state index is 13.0. The van der Waals surface area contributed by atoms with Gasteiger partial charge in [0.25, 0.3) is 0 Å². The van der Waals surface area contributed by atoms with Crippen molar-refractivity contribution in [1.29, 1.82) is 0 Å². The lowest BCUT2D eigenvalue weighted by Gasteiger charge is -2.40. The van der Waals surface area contributed by atoms with Crippen LogP contribution < -0.4 is 5.32 Å². The highest BCUT2D eigenvalue weighted by Gasteiger charge is 2.44. The Bertz CT molecular complexity index is 1110. The van der Waals surface area contributed by atoms with Gasteiger partial charge in [-0.3, -0.25) is 4.79 Å². The number of amides is 1. The van der Waals surface area contributed by atoms with Gasteiger partial charge in [0.2, 0.25) is 5.91 Å². The quantitative estimate of drug-likeness (QED) is 0.0261. The zero-order valence-corrected chi connectivity index (χ0v) is 42.3. The van der Waals surface area contributed by atoms with E-state index < -0.39 is 49.5 Å². The van der Waals surface area contributed by atoms with Crippen molar-refractivity contribution >= 4 is 5.91 Å². The van der Waals surface area contributed by atoms with Crippen LogP contribution in [-0.4, -0.2) is 87.5 Å².